The molecule has 19 heavy (non-hydrogen) atoms. The topological polar surface area (TPSA) is 50.4 Å². The van der Waals surface area contributed by atoms with Crippen LogP contribution in [0.3, 0.4) is 0 Å². The number of carbonyl (C=O) groups is 1. The number of rotatable bonds is 6. The highest BCUT2D eigenvalue weighted by atomic mass is 16.5. The molecule has 106 valence electrons. The van der Waals surface area contributed by atoms with Crippen molar-refractivity contribution in [1.82, 2.24) is 10.6 Å². The minimum absolute atomic E-state index is 0.00471. The third kappa shape index (κ3) is 4.91. The van der Waals surface area contributed by atoms with Crippen molar-refractivity contribution in [1.29, 1.82) is 0 Å². The second-order valence-corrected chi connectivity index (χ2v) is 5.09. The maximum absolute atomic E-state index is 11.7. The SMILES string of the molecule is COc1c(C)cc(C)cc1CNC(=O)CNC(C)C. The highest BCUT2D eigenvalue weighted by Crippen LogP contribution is 2.24. The van der Waals surface area contributed by atoms with Gasteiger partial charge in [0.05, 0.1) is 13.7 Å². The van der Waals surface area contributed by atoms with Crippen molar-refractivity contribution in [3.05, 3.63) is 28.8 Å². The fourth-order valence-electron chi connectivity index (χ4n) is 2.02. The average Bonchev–Trinajstić information content (AvgIpc) is 2.33. The highest BCUT2D eigenvalue weighted by Gasteiger charge is 2.09. The maximum atomic E-state index is 11.7. The number of carbonyl (C=O) groups excluding carboxylic acids is 1. The zero-order valence-electron chi connectivity index (χ0n) is 12.5. The van der Waals surface area contributed by atoms with Crippen molar-refractivity contribution in [3.63, 3.8) is 0 Å². The predicted molar refractivity (Wildman–Crippen MR) is 77.5 cm³/mol. The van der Waals surface area contributed by atoms with Gasteiger partial charge in [0, 0.05) is 18.2 Å². The van der Waals surface area contributed by atoms with Crippen LogP contribution < -0.4 is 15.4 Å². The van der Waals surface area contributed by atoms with Gasteiger partial charge < -0.3 is 15.4 Å². The molecular weight excluding hydrogens is 240 g/mol. The predicted octanol–water partition coefficient (Wildman–Crippen LogP) is 1.93. The van der Waals surface area contributed by atoms with E-state index in [2.05, 4.69) is 16.7 Å². The van der Waals surface area contributed by atoms with Crippen LogP contribution >= 0.6 is 0 Å². The molecule has 1 aromatic rings. The molecule has 0 fully saturated rings. The first-order valence-corrected chi connectivity index (χ1v) is 6.58. The second kappa shape index (κ2) is 7.14. The molecule has 0 saturated heterocycles. The van der Waals surface area contributed by atoms with Gasteiger partial charge in [-0.25, -0.2) is 0 Å². The van der Waals surface area contributed by atoms with Gasteiger partial charge in [-0.3, -0.25) is 4.79 Å². The van der Waals surface area contributed by atoms with E-state index in [0.29, 0.717) is 19.1 Å². The van der Waals surface area contributed by atoms with Gasteiger partial charge in [-0.1, -0.05) is 31.5 Å². The third-order valence-corrected chi connectivity index (χ3v) is 2.85. The van der Waals surface area contributed by atoms with Crippen molar-refractivity contribution in [2.45, 2.75) is 40.3 Å². The van der Waals surface area contributed by atoms with E-state index in [1.54, 1.807) is 7.11 Å². The molecule has 2 N–H and O–H groups in total. The second-order valence-electron chi connectivity index (χ2n) is 5.09. The molecule has 4 nitrogen and oxygen atoms in total. The lowest BCUT2D eigenvalue weighted by Gasteiger charge is -2.14. The molecule has 4 heteroatoms. The summed E-state index contributed by atoms with van der Waals surface area (Å²) in [6, 6.07) is 4.42. The fraction of sp³-hybridized carbons (Fsp3) is 0.533. The minimum atomic E-state index is -0.00471. The van der Waals surface area contributed by atoms with Gasteiger partial charge in [-0.15, -0.1) is 0 Å². The standard InChI is InChI=1S/C15H24N2O2/c1-10(2)16-9-14(18)17-8-13-7-11(3)6-12(4)15(13)19-5/h6-7,10,16H,8-9H2,1-5H3,(H,17,18). The van der Waals surface area contributed by atoms with E-state index >= 15 is 0 Å². The van der Waals surface area contributed by atoms with Gasteiger partial charge in [0.2, 0.25) is 5.91 Å². The number of hydrogen-bond donors (Lipinski definition) is 2. The molecule has 1 rings (SSSR count). The Hall–Kier alpha value is -1.55. The normalized spacial score (nSPS) is 10.6. The summed E-state index contributed by atoms with van der Waals surface area (Å²) in [5, 5.41) is 5.99. The van der Waals surface area contributed by atoms with Crippen LogP contribution in [0.5, 0.6) is 5.75 Å². The molecule has 0 radical (unpaired) electrons. The lowest BCUT2D eigenvalue weighted by atomic mass is 10.1. The first kappa shape index (κ1) is 15.5. The Bertz CT molecular complexity index is 442. The van der Waals surface area contributed by atoms with Gasteiger partial charge in [0.1, 0.15) is 5.75 Å². The molecule has 1 aromatic carbocycles. The number of benzene rings is 1. The summed E-state index contributed by atoms with van der Waals surface area (Å²) < 4.78 is 5.39. The van der Waals surface area contributed by atoms with Gasteiger partial charge in [-0.05, 0) is 19.4 Å². The minimum Gasteiger partial charge on any atom is -0.496 e. The molecule has 0 bridgehead atoms. The Morgan fingerprint density at radius 2 is 2.00 bits per heavy atom. The van der Waals surface area contributed by atoms with Crippen LogP contribution in [0.15, 0.2) is 12.1 Å². The van der Waals surface area contributed by atoms with Crippen molar-refractivity contribution in [2.75, 3.05) is 13.7 Å². The van der Waals surface area contributed by atoms with E-state index in [4.69, 9.17) is 4.74 Å². The smallest absolute Gasteiger partial charge is 0.234 e. The number of methoxy groups -OCH3 is 1. The molecule has 0 aliphatic carbocycles. The number of aryl methyl sites for hydroxylation is 2. The van der Waals surface area contributed by atoms with Crippen LogP contribution in [0.2, 0.25) is 0 Å². The van der Waals surface area contributed by atoms with Crippen LogP contribution in [-0.4, -0.2) is 25.6 Å². The maximum Gasteiger partial charge on any atom is 0.234 e. The van der Waals surface area contributed by atoms with Crippen molar-refractivity contribution >= 4 is 5.91 Å². The van der Waals surface area contributed by atoms with Gasteiger partial charge >= 0.3 is 0 Å². The Kier molecular flexibility index (Phi) is 5.83. The van der Waals surface area contributed by atoms with E-state index in [1.807, 2.05) is 33.8 Å². The van der Waals surface area contributed by atoms with E-state index in [0.717, 1.165) is 16.9 Å². The average molecular weight is 264 g/mol. The highest BCUT2D eigenvalue weighted by molar-refractivity contribution is 5.78. The number of ether oxygens (including phenoxy) is 1. The molecule has 0 aliphatic rings. The molecule has 0 saturated carbocycles. The van der Waals surface area contributed by atoms with Crippen LogP contribution in [0.4, 0.5) is 0 Å². The summed E-state index contributed by atoms with van der Waals surface area (Å²) in [5.74, 6) is 0.845. The zero-order valence-corrected chi connectivity index (χ0v) is 12.5. The summed E-state index contributed by atoms with van der Waals surface area (Å²) in [6.07, 6.45) is 0. The van der Waals surface area contributed by atoms with Crippen molar-refractivity contribution in [3.8, 4) is 5.75 Å². The van der Waals surface area contributed by atoms with Crippen molar-refractivity contribution in [2.24, 2.45) is 0 Å². The molecule has 0 aromatic heterocycles. The molecular formula is C15H24N2O2. The first-order chi connectivity index (χ1) is 8.93. The van der Waals surface area contributed by atoms with E-state index < -0.39 is 0 Å². The summed E-state index contributed by atoms with van der Waals surface area (Å²) in [7, 11) is 1.66. The summed E-state index contributed by atoms with van der Waals surface area (Å²) in [5.41, 5.74) is 3.27. The van der Waals surface area contributed by atoms with Crippen LogP contribution in [0.1, 0.15) is 30.5 Å². The van der Waals surface area contributed by atoms with Gasteiger partial charge in [-0.2, -0.15) is 0 Å². The van der Waals surface area contributed by atoms with Crippen LogP contribution in [0, 0.1) is 13.8 Å². The fourth-order valence-corrected chi connectivity index (χ4v) is 2.02. The first-order valence-electron chi connectivity index (χ1n) is 6.58. The summed E-state index contributed by atoms with van der Waals surface area (Å²) in [6.45, 7) is 8.91. The van der Waals surface area contributed by atoms with Gasteiger partial charge in [0.15, 0.2) is 0 Å². The third-order valence-electron chi connectivity index (χ3n) is 2.85. The van der Waals surface area contributed by atoms with E-state index in [-0.39, 0.29) is 5.91 Å². The Balaban J connectivity index is 2.64. The number of nitrogens with one attached hydrogen (secondary N) is 2. The molecule has 0 heterocycles. The van der Waals surface area contributed by atoms with Crippen LogP contribution in [-0.2, 0) is 11.3 Å². The number of amides is 1. The van der Waals surface area contributed by atoms with Crippen molar-refractivity contribution < 1.29 is 9.53 Å². The molecule has 1 amide bonds. The summed E-state index contributed by atoms with van der Waals surface area (Å²) >= 11 is 0. The Morgan fingerprint density at radius 1 is 1.32 bits per heavy atom. The van der Waals surface area contributed by atoms with Crippen LogP contribution in [0.25, 0.3) is 0 Å². The molecule has 0 atom stereocenters. The lowest BCUT2D eigenvalue weighted by molar-refractivity contribution is -0.120. The monoisotopic (exact) mass is 264 g/mol. The zero-order chi connectivity index (χ0) is 14.4. The van der Waals surface area contributed by atoms with E-state index in [1.165, 1.54) is 5.56 Å². The van der Waals surface area contributed by atoms with Gasteiger partial charge in [0.25, 0.3) is 0 Å². The van der Waals surface area contributed by atoms with E-state index in [9.17, 15) is 4.79 Å². The molecule has 0 spiro atoms. The Labute approximate surface area is 115 Å². The quantitative estimate of drug-likeness (QED) is 0.825. The Morgan fingerprint density at radius 3 is 2.58 bits per heavy atom. The lowest BCUT2D eigenvalue weighted by Crippen LogP contribution is -2.36. The number of hydrogen-bond acceptors (Lipinski definition) is 3. The molecule has 0 unspecified atom stereocenters. The summed E-state index contributed by atoms with van der Waals surface area (Å²) in [4.78, 5) is 11.7. The largest absolute Gasteiger partial charge is 0.496 e. The molecule has 0 aliphatic heterocycles.